The molecule has 0 spiro atoms. The number of methoxy groups -OCH3 is 1. The highest BCUT2D eigenvalue weighted by Crippen LogP contribution is 2.34. The fourth-order valence-corrected chi connectivity index (χ4v) is 5.13. The van der Waals surface area contributed by atoms with E-state index in [0.29, 0.717) is 25.5 Å². The molecule has 8 nitrogen and oxygen atoms in total. The van der Waals surface area contributed by atoms with Crippen LogP contribution in [-0.4, -0.2) is 57.0 Å². The third-order valence-electron chi connectivity index (χ3n) is 7.12. The number of hydrogen-bond donors (Lipinski definition) is 1. The summed E-state index contributed by atoms with van der Waals surface area (Å²) in [6.07, 6.45) is -0.195. The molecule has 0 aliphatic carbocycles. The number of rotatable bonds is 12. The van der Waals surface area contributed by atoms with Gasteiger partial charge in [0.2, 0.25) is 0 Å². The van der Waals surface area contributed by atoms with Gasteiger partial charge in [0.25, 0.3) is 0 Å². The van der Waals surface area contributed by atoms with Crippen molar-refractivity contribution in [1.29, 1.82) is 0 Å². The van der Waals surface area contributed by atoms with Gasteiger partial charge in [0.15, 0.2) is 0 Å². The predicted octanol–water partition coefficient (Wildman–Crippen LogP) is 5.09. The lowest BCUT2D eigenvalue weighted by molar-refractivity contribution is -0.149. The summed E-state index contributed by atoms with van der Waals surface area (Å²) in [5.74, 6) is 1.25. The Morgan fingerprint density at radius 1 is 1.02 bits per heavy atom. The fraction of sp³-hybridized carbons (Fsp3) is 0.364. The van der Waals surface area contributed by atoms with Crippen molar-refractivity contribution in [1.82, 2.24) is 4.90 Å². The average Bonchev–Trinajstić information content (AvgIpc) is 3.39. The van der Waals surface area contributed by atoms with Gasteiger partial charge in [-0.1, -0.05) is 36.4 Å². The van der Waals surface area contributed by atoms with E-state index in [-0.39, 0.29) is 18.5 Å². The van der Waals surface area contributed by atoms with Crippen molar-refractivity contribution in [2.45, 2.75) is 39.1 Å². The van der Waals surface area contributed by atoms with Gasteiger partial charge in [-0.2, -0.15) is 0 Å². The Balaban J connectivity index is 1.40. The van der Waals surface area contributed by atoms with Crippen LogP contribution in [0.5, 0.6) is 5.75 Å². The normalized spacial score (nSPS) is 14.7. The zero-order chi connectivity index (χ0) is 28.6. The monoisotopic (exact) mass is 558 g/mol. The second-order valence-electron chi connectivity index (χ2n) is 10.4. The molecule has 2 N–H and O–H groups in total. The highest BCUT2D eigenvalue weighted by molar-refractivity contribution is 5.93. The van der Waals surface area contributed by atoms with E-state index in [2.05, 4.69) is 35.2 Å². The lowest BCUT2D eigenvalue weighted by Crippen LogP contribution is -2.35. The number of nitrogens with zero attached hydrogens (tertiary/aromatic N) is 1. The maximum Gasteiger partial charge on any atom is 0.310 e. The minimum absolute atomic E-state index is 0.118. The van der Waals surface area contributed by atoms with E-state index in [0.717, 1.165) is 77.4 Å². The number of carbonyl (C=O) groups excluding carboxylic acids is 1. The van der Waals surface area contributed by atoms with Gasteiger partial charge < -0.3 is 29.1 Å². The minimum Gasteiger partial charge on any atom is -0.489 e. The van der Waals surface area contributed by atoms with Gasteiger partial charge in [-0.15, -0.1) is 0 Å². The van der Waals surface area contributed by atoms with E-state index in [9.17, 15) is 4.79 Å². The average molecular weight is 559 g/mol. The van der Waals surface area contributed by atoms with Crippen molar-refractivity contribution in [3.8, 4) is 16.9 Å². The summed E-state index contributed by atoms with van der Waals surface area (Å²) in [5, 5.41) is 1.02. The largest absolute Gasteiger partial charge is 0.489 e. The first kappa shape index (κ1) is 28.8. The lowest BCUT2D eigenvalue weighted by atomic mass is 9.99. The Kier molecular flexibility index (Phi) is 9.69. The maximum absolute atomic E-state index is 12.5. The van der Waals surface area contributed by atoms with Crippen LogP contribution in [0.2, 0.25) is 0 Å². The van der Waals surface area contributed by atoms with Crippen LogP contribution in [0.25, 0.3) is 22.1 Å². The number of ether oxygens (including phenoxy) is 4. The molecule has 0 bridgehead atoms. The number of hydrogen-bond acceptors (Lipinski definition) is 8. The van der Waals surface area contributed by atoms with Crippen molar-refractivity contribution < 1.29 is 28.2 Å². The van der Waals surface area contributed by atoms with Gasteiger partial charge in [0.05, 0.1) is 32.8 Å². The highest BCUT2D eigenvalue weighted by atomic mass is 16.6. The molecule has 1 saturated heterocycles. The Morgan fingerprint density at radius 2 is 1.85 bits per heavy atom. The predicted molar refractivity (Wildman–Crippen MR) is 158 cm³/mol. The van der Waals surface area contributed by atoms with E-state index >= 15 is 0 Å². The Bertz CT molecular complexity index is 1460. The van der Waals surface area contributed by atoms with Gasteiger partial charge in [-0.3, -0.25) is 9.69 Å². The number of benzene rings is 3. The molecule has 216 valence electrons. The number of esters is 1. The molecule has 5 rings (SSSR count). The zero-order valence-corrected chi connectivity index (χ0v) is 23.8. The fourth-order valence-electron chi connectivity index (χ4n) is 5.13. The van der Waals surface area contributed by atoms with Crippen molar-refractivity contribution in [2.75, 3.05) is 40.0 Å². The number of nitrogens with two attached hydrogens (primary N) is 1. The van der Waals surface area contributed by atoms with Crippen molar-refractivity contribution in [3.63, 3.8) is 0 Å². The third kappa shape index (κ3) is 7.54. The topological polar surface area (TPSA) is 96.4 Å². The molecule has 0 radical (unpaired) electrons. The molecule has 1 aliphatic rings. The van der Waals surface area contributed by atoms with Crippen LogP contribution in [0.4, 0.5) is 0 Å². The lowest BCUT2D eigenvalue weighted by Gasteiger charge is -2.25. The molecular formula is C33H38N2O6. The summed E-state index contributed by atoms with van der Waals surface area (Å²) in [6, 6.07) is 22.1. The van der Waals surface area contributed by atoms with E-state index in [1.165, 1.54) is 0 Å². The van der Waals surface area contributed by atoms with Crippen molar-refractivity contribution in [3.05, 3.63) is 89.2 Å². The van der Waals surface area contributed by atoms with Gasteiger partial charge >= 0.3 is 5.97 Å². The van der Waals surface area contributed by atoms with Gasteiger partial charge in [0.1, 0.15) is 29.8 Å². The first-order valence-corrected chi connectivity index (χ1v) is 14.1. The molecule has 0 saturated carbocycles. The van der Waals surface area contributed by atoms with Crippen LogP contribution in [0.15, 0.2) is 71.1 Å². The standard InChI is InChI=1S/C33H38N2O6/c1-23(21-37-2)40-32(36)18-27-7-3-4-9-31(27)39-22-25-15-28-17-29(20-35-10-12-38-13-11-35)41-33(28)30(16-25)26-8-5-6-24(14-26)19-34/h3-9,14-17,23H,10-13,18-22,34H2,1-2H3. The molecular weight excluding hydrogens is 520 g/mol. The molecule has 2 heterocycles. The van der Waals surface area contributed by atoms with Crippen molar-refractivity contribution in [2.24, 2.45) is 5.73 Å². The van der Waals surface area contributed by atoms with Gasteiger partial charge in [-0.05, 0) is 53.9 Å². The summed E-state index contributed by atoms with van der Waals surface area (Å²) in [4.78, 5) is 14.9. The summed E-state index contributed by atoms with van der Waals surface area (Å²) in [6.45, 7) is 6.94. The van der Waals surface area contributed by atoms with Crippen LogP contribution in [-0.2, 0) is 45.1 Å². The Hall–Kier alpha value is -3.69. The number of furan rings is 1. The van der Waals surface area contributed by atoms with Crippen LogP contribution in [0.3, 0.4) is 0 Å². The first-order valence-electron chi connectivity index (χ1n) is 14.1. The molecule has 3 aromatic carbocycles. The molecule has 8 heteroatoms. The Morgan fingerprint density at radius 3 is 2.66 bits per heavy atom. The molecule has 41 heavy (non-hydrogen) atoms. The van der Waals surface area contributed by atoms with Crippen molar-refractivity contribution >= 4 is 16.9 Å². The maximum atomic E-state index is 12.5. The zero-order valence-electron chi connectivity index (χ0n) is 23.8. The molecule has 1 aromatic heterocycles. The molecule has 4 aromatic rings. The summed E-state index contributed by atoms with van der Waals surface area (Å²) >= 11 is 0. The second-order valence-corrected chi connectivity index (χ2v) is 10.4. The van der Waals surface area contributed by atoms with Crippen LogP contribution < -0.4 is 10.5 Å². The van der Waals surface area contributed by atoms with Crippen LogP contribution in [0.1, 0.15) is 29.4 Å². The summed E-state index contributed by atoms with van der Waals surface area (Å²) in [5.41, 5.74) is 11.7. The molecule has 1 atom stereocenters. The van der Waals surface area contributed by atoms with Crippen LogP contribution in [0, 0.1) is 0 Å². The quantitative estimate of drug-likeness (QED) is 0.240. The summed E-state index contributed by atoms with van der Waals surface area (Å²) < 4.78 is 28.8. The third-order valence-corrected chi connectivity index (χ3v) is 7.12. The SMILES string of the molecule is COCC(C)OC(=O)Cc1ccccc1OCc1cc(-c2cccc(CN)c2)c2oc(CN3CCOCC3)cc2c1. The van der Waals surface area contributed by atoms with E-state index < -0.39 is 0 Å². The smallest absolute Gasteiger partial charge is 0.310 e. The van der Waals surface area contributed by atoms with Crippen LogP contribution >= 0.6 is 0 Å². The number of carbonyl (C=O) groups is 1. The second kappa shape index (κ2) is 13.8. The first-order chi connectivity index (χ1) is 20.0. The molecule has 1 fully saturated rings. The number of para-hydroxylation sites is 1. The minimum atomic E-state index is -0.319. The van der Waals surface area contributed by atoms with E-state index in [1.54, 1.807) is 7.11 Å². The Labute approximate surface area is 240 Å². The number of morpholine rings is 1. The summed E-state index contributed by atoms with van der Waals surface area (Å²) in [7, 11) is 1.58. The van der Waals surface area contributed by atoms with Gasteiger partial charge in [0, 0.05) is 43.3 Å². The molecule has 1 unspecified atom stereocenters. The number of fused-ring (bicyclic) bond motifs is 1. The highest BCUT2D eigenvalue weighted by Gasteiger charge is 2.18. The van der Waals surface area contributed by atoms with E-state index in [1.807, 2.05) is 43.3 Å². The van der Waals surface area contributed by atoms with E-state index in [4.69, 9.17) is 29.1 Å². The molecule has 0 amide bonds. The van der Waals surface area contributed by atoms with Gasteiger partial charge in [-0.25, -0.2) is 0 Å². The molecule has 1 aliphatic heterocycles.